The highest BCUT2D eigenvalue weighted by Gasteiger charge is 2.22. The lowest BCUT2D eigenvalue weighted by Crippen LogP contribution is -2.40. The van der Waals surface area contributed by atoms with Crippen molar-refractivity contribution in [3.05, 3.63) is 38.7 Å². The largest absolute Gasteiger partial charge is 0.495 e. The minimum Gasteiger partial charge on any atom is -0.495 e. The summed E-state index contributed by atoms with van der Waals surface area (Å²) in [6, 6.07) is 0.685. The third kappa shape index (κ3) is 4.45. The van der Waals surface area contributed by atoms with Gasteiger partial charge in [0.25, 0.3) is 0 Å². The molecular formula is C22H32ClN7O2. The summed E-state index contributed by atoms with van der Waals surface area (Å²) < 4.78 is 8.72. The molecule has 3 heterocycles. The summed E-state index contributed by atoms with van der Waals surface area (Å²) in [5.41, 5.74) is 9.12. The number of anilines is 1. The molecule has 3 rings (SSSR count). The van der Waals surface area contributed by atoms with Crippen LogP contribution in [0.1, 0.15) is 44.5 Å². The van der Waals surface area contributed by atoms with Gasteiger partial charge in [0.1, 0.15) is 11.3 Å². The fourth-order valence-corrected chi connectivity index (χ4v) is 4.51. The van der Waals surface area contributed by atoms with Crippen molar-refractivity contribution in [2.75, 3.05) is 19.4 Å². The molecule has 0 aromatic carbocycles. The zero-order valence-electron chi connectivity index (χ0n) is 19.8. The van der Waals surface area contributed by atoms with E-state index in [1.54, 1.807) is 22.4 Å². The Bertz CT molecular complexity index is 1180. The number of aryl methyl sites for hydroxylation is 1. The van der Waals surface area contributed by atoms with Crippen LogP contribution in [0, 0.1) is 13.8 Å². The molecule has 0 saturated heterocycles. The van der Waals surface area contributed by atoms with Crippen LogP contribution in [0.2, 0.25) is 5.15 Å². The quantitative estimate of drug-likeness (QED) is 0.514. The van der Waals surface area contributed by atoms with Crippen molar-refractivity contribution in [2.24, 2.45) is 0 Å². The third-order valence-corrected chi connectivity index (χ3v) is 6.10. The number of pyridine rings is 1. The number of halogens is 1. The molecule has 3 aromatic heterocycles. The Morgan fingerprint density at radius 2 is 1.81 bits per heavy atom. The summed E-state index contributed by atoms with van der Waals surface area (Å²) in [4.78, 5) is 28.7. The van der Waals surface area contributed by atoms with E-state index in [2.05, 4.69) is 47.5 Å². The predicted molar refractivity (Wildman–Crippen MR) is 128 cm³/mol. The van der Waals surface area contributed by atoms with Crippen LogP contribution in [-0.2, 0) is 13.1 Å². The molecule has 0 amide bonds. The molecule has 3 aromatic rings. The van der Waals surface area contributed by atoms with Gasteiger partial charge in [0.15, 0.2) is 10.8 Å². The van der Waals surface area contributed by atoms with Gasteiger partial charge in [0, 0.05) is 31.4 Å². The first kappa shape index (κ1) is 24.0. The molecule has 0 radical (unpaired) electrons. The summed E-state index contributed by atoms with van der Waals surface area (Å²) in [6.45, 7) is 13.8. The second kappa shape index (κ2) is 9.46. The monoisotopic (exact) mass is 461 g/mol. The van der Waals surface area contributed by atoms with Gasteiger partial charge in [-0.25, -0.2) is 4.79 Å². The van der Waals surface area contributed by atoms with E-state index < -0.39 is 0 Å². The average Bonchev–Trinajstić information content (AvgIpc) is 2.95. The van der Waals surface area contributed by atoms with E-state index in [1.165, 1.54) is 0 Å². The Hall–Kier alpha value is -2.65. The molecule has 0 atom stereocenters. The Labute approximate surface area is 193 Å². The fraction of sp³-hybridized carbons (Fsp3) is 0.545. The van der Waals surface area contributed by atoms with E-state index in [0.29, 0.717) is 42.1 Å². The third-order valence-electron chi connectivity index (χ3n) is 5.83. The van der Waals surface area contributed by atoms with Gasteiger partial charge in [-0.3, -0.25) is 19.0 Å². The van der Waals surface area contributed by atoms with Crippen LogP contribution in [0.3, 0.4) is 0 Å². The van der Waals surface area contributed by atoms with Crippen LogP contribution in [-0.4, -0.2) is 54.7 Å². The normalized spacial score (nSPS) is 12.0. The Morgan fingerprint density at radius 3 is 2.41 bits per heavy atom. The maximum atomic E-state index is 13.5. The van der Waals surface area contributed by atoms with Crippen molar-refractivity contribution in [1.29, 1.82) is 0 Å². The van der Waals surface area contributed by atoms with Gasteiger partial charge in [-0.2, -0.15) is 9.97 Å². The fourth-order valence-electron chi connectivity index (χ4n) is 4.24. The standard InChI is InChI=1S/C22H32ClN7O2/c1-12(2)28(13(3)4)8-9-29-17-19(23)26-21(24)27-20(17)30(22(29)31)11-16-10-25-15(6)18(32-7)14(16)5/h10,12-13H,8-9,11H2,1-7H3,(H2,24,26,27). The van der Waals surface area contributed by atoms with E-state index in [0.717, 1.165) is 16.8 Å². The topological polar surface area (TPSA) is 104 Å². The summed E-state index contributed by atoms with van der Waals surface area (Å²) in [7, 11) is 1.61. The van der Waals surface area contributed by atoms with Crippen molar-refractivity contribution >= 4 is 28.7 Å². The van der Waals surface area contributed by atoms with Gasteiger partial charge in [-0.1, -0.05) is 11.6 Å². The van der Waals surface area contributed by atoms with E-state index in [4.69, 9.17) is 22.1 Å². The summed E-state index contributed by atoms with van der Waals surface area (Å²) in [5.74, 6) is 0.728. The predicted octanol–water partition coefficient (Wildman–Crippen LogP) is 3.02. The maximum Gasteiger partial charge on any atom is 0.330 e. The number of nitrogens with zero attached hydrogens (tertiary/aromatic N) is 6. The van der Waals surface area contributed by atoms with Crippen LogP contribution in [0.4, 0.5) is 5.95 Å². The van der Waals surface area contributed by atoms with Gasteiger partial charge < -0.3 is 10.5 Å². The van der Waals surface area contributed by atoms with E-state index >= 15 is 0 Å². The van der Waals surface area contributed by atoms with Gasteiger partial charge >= 0.3 is 5.69 Å². The van der Waals surface area contributed by atoms with E-state index in [9.17, 15) is 4.79 Å². The second-order valence-electron chi connectivity index (χ2n) is 8.52. The minimum atomic E-state index is -0.215. The lowest BCUT2D eigenvalue weighted by molar-refractivity contribution is 0.168. The zero-order valence-corrected chi connectivity index (χ0v) is 20.6. The molecule has 0 unspecified atom stereocenters. The highest BCUT2D eigenvalue weighted by atomic mass is 35.5. The number of methoxy groups -OCH3 is 1. The number of hydrogen-bond donors (Lipinski definition) is 1. The number of fused-ring (bicyclic) bond motifs is 1. The molecule has 9 nitrogen and oxygen atoms in total. The van der Waals surface area contributed by atoms with Gasteiger partial charge in [0.05, 0.1) is 19.3 Å². The van der Waals surface area contributed by atoms with Crippen molar-refractivity contribution in [3.8, 4) is 5.75 Å². The van der Waals surface area contributed by atoms with Crippen molar-refractivity contribution in [2.45, 2.75) is 66.7 Å². The SMILES string of the molecule is COc1c(C)ncc(Cn2c(=O)n(CCN(C(C)C)C(C)C)c3c(Cl)nc(N)nc32)c1C. The van der Waals surface area contributed by atoms with E-state index in [-0.39, 0.29) is 23.3 Å². The summed E-state index contributed by atoms with van der Waals surface area (Å²) >= 11 is 6.45. The minimum absolute atomic E-state index is 0.0238. The lowest BCUT2D eigenvalue weighted by Gasteiger charge is -2.30. The molecule has 0 fully saturated rings. The first-order valence-corrected chi connectivity index (χ1v) is 11.1. The van der Waals surface area contributed by atoms with Crippen LogP contribution in [0.25, 0.3) is 11.2 Å². The second-order valence-corrected chi connectivity index (χ2v) is 8.88. The molecule has 0 saturated carbocycles. The number of nitrogens with two attached hydrogens (primary N) is 1. The smallest absolute Gasteiger partial charge is 0.330 e. The molecule has 0 aliphatic carbocycles. The summed E-state index contributed by atoms with van der Waals surface area (Å²) in [6.07, 6.45) is 1.76. The molecule has 2 N–H and O–H groups in total. The number of hydrogen-bond acceptors (Lipinski definition) is 7. The van der Waals surface area contributed by atoms with Crippen molar-refractivity contribution in [3.63, 3.8) is 0 Å². The van der Waals surface area contributed by atoms with Crippen LogP contribution in [0.15, 0.2) is 11.0 Å². The molecular weight excluding hydrogens is 430 g/mol. The zero-order chi connectivity index (χ0) is 23.7. The number of rotatable bonds is 8. The molecule has 0 aliphatic rings. The highest BCUT2D eigenvalue weighted by Crippen LogP contribution is 2.26. The molecule has 174 valence electrons. The number of aromatic nitrogens is 5. The molecule has 10 heteroatoms. The molecule has 0 spiro atoms. The van der Waals surface area contributed by atoms with Crippen molar-refractivity contribution < 1.29 is 4.74 Å². The van der Waals surface area contributed by atoms with Crippen molar-refractivity contribution in [1.82, 2.24) is 29.0 Å². The first-order valence-electron chi connectivity index (χ1n) is 10.7. The lowest BCUT2D eigenvalue weighted by atomic mass is 10.1. The van der Waals surface area contributed by atoms with Crippen LogP contribution in [0.5, 0.6) is 5.75 Å². The van der Waals surface area contributed by atoms with Crippen LogP contribution < -0.4 is 16.2 Å². The Balaban J connectivity index is 2.12. The van der Waals surface area contributed by atoms with Gasteiger partial charge in [-0.15, -0.1) is 0 Å². The average molecular weight is 462 g/mol. The Kier molecular flexibility index (Phi) is 7.09. The number of ether oxygens (including phenoxy) is 1. The number of nitrogen functional groups attached to an aromatic ring is 1. The maximum absolute atomic E-state index is 13.5. The Morgan fingerprint density at radius 1 is 1.16 bits per heavy atom. The highest BCUT2D eigenvalue weighted by molar-refractivity contribution is 6.33. The molecule has 32 heavy (non-hydrogen) atoms. The van der Waals surface area contributed by atoms with E-state index in [1.807, 2.05) is 13.8 Å². The first-order chi connectivity index (χ1) is 15.1. The van der Waals surface area contributed by atoms with Gasteiger partial charge in [-0.05, 0) is 52.7 Å². The molecule has 0 bridgehead atoms. The van der Waals surface area contributed by atoms with Crippen LogP contribution >= 0.6 is 11.6 Å². The summed E-state index contributed by atoms with van der Waals surface area (Å²) in [5, 5.41) is 0.167. The molecule has 0 aliphatic heterocycles. The number of imidazole rings is 1. The van der Waals surface area contributed by atoms with Gasteiger partial charge in [0.2, 0.25) is 5.95 Å².